The summed E-state index contributed by atoms with van der Waals surface area (Å²) in [4.78, 5) is 0. The smallest absolute Gasteiger partial charge is 0.0790 e. The first-order valence-electron chi connectivity index (χ1n) is 5.95. The molecule has 1 aromatic carbocycles. The Labute approximate surface area is 103 Å². The number of hydrogen-bond donors (Lipinski definition) is 1. The zero-order valence-electron chi connectivity index (χ0n) is 10.3. The van der Waals surface area contributed by atoms with Crippen molar-refractivity contribution in [2.24, 2.45) is 5.92 Å². The molecule has 0 aliphatic carbocycles. The van der Waals surface area contributed by atoms with E-state index in [1.54, 1.807) is 0 Å². The number of halogens is 1. The van der Waals surface area contributed by atoms with Crippen LogP contribution in [-0.2, 0) is 0 Å². The zero-order valence-corrected chi connectivity index (χ0v) is 11.1. The molecule has 0 saturated heterocycles. The van der Waals surface area contributed by atoms with E-state index in [-0.39, 0.29) is 6.10 Å². The summed E-state index contributed by atoms with van der Waals surface area (Å²) < 4.78 is 0. The van der Waals surface area contributed by atoms with Crippen molar-refractivity contribution in [2.75, 3.05) is 0 Å². The largest absolute Gasteiger partial charge is 0.388 e. The highest BCUT2D eigenvalue weighted by molar-refractivity contribution is 6.31. The van der Waals surface area contributed by atoms with Gasteiger partial charge in [-0.25, -0.2) is 0 Å². The Balaban J connectivity index is 2.52. The van der Waals surface area contributed by atoms with Gasteiger partial charge in [0.2, 0.25) is 0 Å². The first-order valence-corrected chi connectivity index (χ1v) is 6.32. The highest BCUT2D eigenvalue weighted by Gasteiger charge is 2.08. The first-order chi connectivity index (χ1) is 7.50. The van der Waals surface area contributed by atoms with Gasteiger partial charge < -0.3 is 5.11 Å². The lowest BCUT2D eigenvalue weighted by Crippen LogP contribution is -1.99. The third kappa shape index (κ3) is 4.15. The minimum atomic E-state index is -0.352. The molecule has 1 aromatic rings. The van der Waals surface area contributed by atoms with Crippen LogP contribution in [0.4, 0.5) is 0 Å². The zero-order chi connectivity index (χ0) is 12.1. The summed E-state index contributed by atoms with van der Waals surface area (Å²) in [5.41, 5.74) is 2.01. The van der Waals surface area contributed by atoms with Gasteiger partial charge in [0, 0.05) is 5.02 Å². The molecule has 1 atom stereocenters. The number of hydrogen-bond acceptors (Lipinski definition) is 1. The molecule has 0 aliphatic rings. The van der Waals surface area contributed by atoms with Crippen molar-refractivity contribution in [2.45, 2.75) is 46.1 Å². The van der Waals surface area contributed by atoms with Crippen molar-refractivity contribution in [3.63, 3.8) is 0 Å². The highest BCUT2D eigenvalue weighted by Crippen LogP contribution is 2.24. The third-order valence-electron chi connectivity index (χ3n) is 2.83. The molecule has 0 heterocycles. The van der Waals surface area contributed by atoms with E-state index in [4.69, 9.17) is 11.6 Å². The molecule has 0 radical (unpaired) electrons. The molecule has 16 heavy (non-hydrogen) atoms. The van der Waals surface area contributed by atoms with Gasteiger partial charge >= 0.3 is 0 Å². The van der Waals surface area contributed by atoms with Crippen LogP contribution in [0.1, 0.15) is 50.3 Å². The van der Waals surface area contributed by atoms with Gasteiger partial charge in [0.15, 0.2) is 0 Å². The molecule has 0 aromatic heterocycles. The summed E-state index contributed by atoms with van der Waals surface area (Å²) >= 11 is 5.95. The van der Waals surface area contributed by atoms with E-state index >= 15 is 0 Å². The Morgan fingerprint density at radius 3 is 2.50 bits per heavy atom. The lowest BCUT2D eigenvalue weighted by molar-refractivity contribution is 0.162. The molecule has 0 spiro atoms. The monoisotopic (exact) mass is 240 g/mol. The lowest BCUT2D eigenvalue weighted by atomic mass is 9.99. The number of benzene rings is 1. The van der Waals surface area contributed by atoms with Crippen LogP contribution in [0, 0.1) is 12.8 Å². The predicted molar refractivity (Wildman–Crippen MR) is 69.8 cm³/mol. The molecule has 0 fully saturated rings. The standard InChI is InChI=1S/C14H21ClO/c1-10(2)5-4-6-14(16)12-7-8-13(15)11(3)9-12/h7-10,14,16H,4-6H2,1-3H3. The molecule has 90 valence electrons. The van der Waals surface area contributed by atoms with Crippen LogP contribution in [0.5, 0.6) is 0 Å². The maximum absolute atomic E-state index is 10.0. The molecule has 0 saturated carbocycles. The molecule has 1 N–H and O–H groups in total. The Bertz CT molecular complexity index is 334. The van der Waals surface area contributed by atoms with Gasteiger partial charge in [0.1, 0.15) is 0 Å². The van der Waals surface area contributed by atoms with Crippen molar-refractivity contribution in [1.82, 2.24) is 0 Å². The second-order valence-electron chi connectivity index (χ2n) is 4.85. The molecule has 2 heteroatoms. The Kier molecular flexibility index (Phi) is 5.30. The summed E-state index contributed by atoms with van der Waals surface area (Å²) in [6.07, 6.45) is 2.72. The fourth-order valence-electron chi connectivity index (χ4n) is 1.76. The molecule has 0 aliphatic heterocycles. The maximum atomic E-state index is 10.0. The van der Waals surface area contributed by atoms with Crippen LogP contribution in [0.2, 0.25) is 5.02 Å². The van der Waals surface area contributed by atoms with Crippen LogP contribution >= 0.6 is 11.6 Å². The average molecular weight is 241 g/mol. The SMILES string of the molecule is Cc1cc(C(O)CCCC(C)C)ccc1Cl. The van der Waals surface area contributed by atoms with E-state index in [1.807, 2.05) is 25.1 Å². The first kappa shape index (κ1) is 13.5. The summed E-state index contributed by atoms with van der Waals surface area (Å²) in [5.74, 6) is 0.708. The molecule has 0 bridgehead atoms. The predicted octanol–water partition coefficient (Wildman–Crippen LogP) is 4.51. The van der Waals surface area contributed by atoms with Crippen molar-refractivity contribution >= 4 is 11.6 Å². The van der Waals surface area contributed by atoms with Gasteiger partial charge in [-0.2, -0.15) is 0 Å². The van der Waals surface area contributed by atoms with Crippen LogP contribution in [0.25, 0.3) is 0 Å². The number of rotatable bonds is 5. The molecular weight excluding hydrogens is 220 g/mol. The lowest BCUT2D eigenvalue weighted by Gasteiger charge is -2.13. The third-order valence-corrected chi connectivity index (χ3v) is 3.25. The minimum absolute atomic E-state index is 0.352. The summed E-state index contributed by atoms with van der Waals surface area (Å²) in [6.45, 7) is 6.38. The van der Waals surface area contributed by atoms with Crippen LogP contribution in [0.3, 0.4) is 0 Å². The second kappa shape index (κ2) is 6.27. The van der Waals surface area contributed by atoms with E-state index in [0.29, 0.717) is 5.92 Å². The van der Waals surface area contributed by atoms with E-state index in [9.17, 15) is 5.11 Å². The fraction of sp³-hybridized carbons (Fsp3) is 0.571. The maximum Gasteiger partial charge on any atom is 0.0790 e. The molecule has 1 unspecified atom stereocenters. The summed E-state index contributed by atoms with van der Waals surface area (Å²) in [5, 5.41) is 10.8. The fourth-order valence-corrected chi connectivity index (χ4v) is 1.88. The van der Waals surface area contributed by atoms with Crippen molar-refractivity contribution in [3.8, 4) is 0 Å². The van der Waals surface area contributed by atoms with E-state index in [0.717, 1.165) is 29.0 Å². The van der Waals surface area contributed by atoms with Gasteiger partial charge in [0.05, 0.1) is 6.10 Å². The van der Waals surface area contributed by atoms with Crippen molar-refractivity contribution in [1.29, 1.82) is 0 Å². The Hall–Kier alpha value is -0.530. The van der Waals surface area contributed by atoms with Gasteiger partial charge in [-0.05, 0) is 36.5 Å². The van der Waals surface area contributed by atoms with Gasteiger partial charge in [0.25, 0.3) is 0 Å². The van der Waals surface area contributed by atoms with E-state index in [2.05, 4.69) is 13.8 Å². The quantitative estimate of drug-likeness (QED) is 0.803. The Morgan fingerprint density at radius 2 is 1.94 bits per heavy atom. The summed E-state index contributed by atoms with van der Waals surface area (Å²) in [7, 11) is 0. The van der Waals surface area contributed by atoms with Crippen molar-refractivity contribution < 1.29 is 5.11 Å². The molecule has 1 nitrogen and oxygen atoms in total. The molecule has 1 rings (SSSR count). The number of aliphatic hydroxyl groups excluding tert-OH is 1. The van der Waals surface area contributed by atoms with Crippen LogP contribution in [0.15, 0.2) is 18.2 Å². The van der Waals surface area contributed by atoms with Crippen LogP contribution in [-0.4, -0.2) is 5.11 Å². The van der Waals surface area contributed by atoms with E-state index in [1.165, 1.54) is 6.42 Å². The minimum Gasteiger partial charge on any atom is -0.388 e. The van der Waals surface area contributed by atoms with Gasteiger partial charge in [-0.1, -0.05) is 50.4 Å². The van der Waals surface area contributed by atoms with Gasteiger partial charge in [-0.15, -0.1) is 0 Å². The van der Waals surface area contributed by atoms with Crippen molar-refractivity contribution in [3.05, 3.63) is 34.3 Å². The molecule has 0 amide bonds. The van der Waals surface area contributed by atoms with E-state index < -0.39 is 0 Å². The normalized spacial score (nSPS) is 13.1. The topological polar surface area (TPSA) is 20.2 Å². The average Bonchev–Trinajstić information content (AvgIpc) is 2.21. The van der Waals surface area contributed by atoms with Crippen LogP contribution < -0.4 is 0 Å². The molecular formula is C14H21ClO. The number of aliphatic hydroxyl groups is 1. The van der Waals surface area contributed by atoms with Gasteiger partial charge in [-0.3, -0.25) is 0 Å². The highest BCUT2D eigenvalue weighted by atomic mass is 35.5. The Morgan fingerprint density at radius 1 is 1.25 bits per heavy atom. The second-order valence-corrected chi connectivity index (χ2v) is 5.26. The summed E-state index contributed by atoms with van der Waals surface area (Å²) in [6, 6.07) is 5.75. The number of aryl methyl sites for hydroxylation is 1.